The van der Waals surface area contributed by atoms with Crippen LogP contribution in [-0.4, -0.2) is 34.5 Å². The Morgan fingerprint density at radius 2 is 1.94 bits per heavy atom. The summed E-state index contributed by atoms with van der Waals surface area (Å²) in [5.41, 5.74) is 0.266. The second kappa shape index (κ2) is 5.29. The molecule has 0 fully saturated rings. The molecule has 0 bridgehead atoms. The van der Waals surface area contributed by atoms with Crippen LogP contribution < -0.4 is 0 Å². The Balaban J connectivity index is 2.14. The lowest BCUT2D eigenvalue weighted by atomic mass is 9.97. The first-order valence-electron chi connectivity index (χ1n) is 5.53. The second-order valence-electron chi connectivity index (χ2n) is 4.05. The molecule has 1 aromatic rings. The van der Waals surface area contributed by atoms with Crippen LogP contribution in [0.2, 0.25) is 0 Å². The first-order valence-corrected chi connectivity index (χ1v) is 5.53. The highest BCUT2D eigenvalue weighted by Gasteiger charge is 2.37. The zero-order chi connectivity index (χ0) is 13.1. The number of halogens is 1. The molecule has 0 spiro atoms. The van der Waals surface area contributed by atoms with Gasteiger partial charge in [0.2, 0.25) is 0 Å². The molecular formula is C13H13FO4. The molecule has 5 heteroatoms. The number of carbonyl (C=O) groups excluding carboxylic acids is 1. The van der Waals surface area contributed by atoms with Crippen molar-refractivity contribution in [2.45, 2.75) is 24.5 Å². The Morgan fingerprint density at radius 1 is 1.28 bits per heavy atom. The molecule has 1 aliphatic heterocycles. The van der Waals surface area contributed by atoms with Crippen LogP contribution >= 0.6 is 0 Å². The van der Waals surface area contributed by atoms with Gasteiger partial charge >= 0.3 is 5.97 Å². The maximum Gasteiger partial charge on any atom is 0.330 e. The number of esters is 1. The van der Waals surface area contributed by atoms with E-state index >= 15 is 0 Å². The number of rotatable bonds is 3. The van der Waals surface area contributed by atoms with Crippen molar-refractivity contribution >= 4 is 5.97 Å². The summed E-state index contributed by atoms with van der Waals surface area (Å²) in [6, 6.07) is 8.03. The molecular weight excluding hydrogens is 239 g/mol. The average molecular weight is 252 g/mol. The minimum absolute atomic E-state index is 0.266. The van der Waals surface area contributed by atoms with Crippen LogP contribution in [0.5, 0.6) is 0 Å². The van der Waals surface area contributed by atoms with Gasteiger partial charge in [-0.2, -0.15) is 0 Å². The highest BCUT2D eigenvalue weighted by atomic mass is 19.1. The standard InChI is InChI=1S/C13H13FO4/c14-11(8-4-2-1-3-5-8)12(17)13-9(15)6-7-10(16)18-13/h1-7,9,11-13,15,17H/t9-,11+,12-,13+/m0/s1. The molecule has 0 saturated carbocycles. The van der Waals surface area contributed by atoms with E-state index < -0.39 is 30.5 Å². The number of hydrogen-bond acceptors (Lipinski definition) is 4. The molecule has 18 heavy (non-hydrogen) atoms. The van der Waals surface area contributed by atoms with Crippen LogP contribution in [0.15, 0.2) is 42.5 Å². The molecule has 0 unspecified atom stereocenters. The van der Waals surface area contributed by atoms with Gasteiger partial charge in [-0.05, 0) is 11.6 Å². The second-order valence-corrected chi connectivity index (χ2v) is 4.05. The normalized spacial score (nSPS) is 26.5. The van der Waals surface area contributed by atoms with Gasteiger partial charge in [0.1, 0.15) is 12.2 Å². The molecule has 1 aliphatic rings. The summed E-state index contributed by atoms with van der Waals surface area (Å²) < 4.78 is 18.8. The number of aliphatic hydroxyl groups excluding tert-OH is 2. The molecule has 0 amide bonds. The van der Waals surface area contributed by atoms with Crippen LogP contribution in [0.25, 0.3) is 0 Å². The molecule has 0 aliphatic carbocycles. The largest absolute Gasteiger partial charge is 0.453 e. The van der Waals surface area contributed by atoms with Crippen LogP contribution in [0.1, 0.15) is 11.7 Å². The molecule has 1 heterocycles. The van der Waals surface area contributed by atoms with Gasteiger partial charge in [0, 0.05) is 6.08 Å². The van der Waals surface area contributed by atoms with Gasteiger partial charge in [-0.3, -0.25) is 0 Å². The Hall–Kier alpha value is -1.72. The predicted octanol–water partition coefficient (Wildman–Crippen LogP) is 0.901. The minimum atomic E-state index is -1.73. The summed E-state index contributed by atoms with van der Waals surface area (Å²) in [5, 5.41) is 19.4. The van der Waals surface area contributed by atoms with Crippen LogP contribution in [0.3, 0.4) is 0 Å². The molecule has 96 valence electrons. The lowest BCUT2D eigenvalue weighted by Crippen LogP contribution is -2.44. The quantitative estimate of drug-likeness (QED) is 0.784. The number of alkyl halides is 1. The summed E-state index contributed by atoms with van der Waals surface area (Å²) in [5.74, 6) is -0.704. The molecule has 0 saturated heterocycles. The fourth-order valence-corrected chi connectivity index (χ4v) is 1.80. The summed E-state index contributed by atoms with van der Waals surface area (Å²) in [7, 11) is 0. The van der Waals surface area contributed by atoms with Crippen LogP contribution in [0.4, 0.5) is 4.39 Å². The van der Waals surface area contributed by atoms with Crippen molar-refractivity contribution in [3.05, 3.63) is 48.0 Å². The summed E-state index contributed by atoms with van der Waals surface area (Å²) in [4.78, 5) is 11.0. The van der Waals surface area contributed by atoms with E-state index in [4.69, 9.17) is 4.74 Å². The van der Waals surface area contributed by atoms with Gasteiger partial charge < -0.3 is 14.9 Å². The SMILES string of the molecule is O=C1C=C[C@H](O)[C@H]([C@@H](O)[C@H](F)c2ccccc2)O1. The van der Waals surface area contributed by atoms with Gasteiger partial charge in [-0.15, -0.1) is 0 Å². The highest BCUT2D eigenvalue weighted by molar-refractivity contribution is 5.83. The Morgan fingerprint density at radius 3 is 2.61 bits per heavy atom. The number of hydrogen-bond donors (Lipinski definition) is 2. The Labute approximate surface area is 103 Å². The molecule has 2 rings (SSSR count). The van der Waals surface area contributed by atoms with E-state index in [1.165, 1.54) is 18.2 Å². The van der Waals surface area contributed by atoms with E-state index in [0.29, 0.717) is 0 Å². The maximum absolute atomic E-state index is 14.0. The van der Waals surface area contributed by atoms with Crippen LogP contribution in [0, 0.1) is 0 Å². The molecule has 1 aromatic carbocycles. The number of benzene rings is 1. The Kier molecular flexibility index (Phi) is 3.74. The lowest BCUT2D eigenvalue weighted by Gasteiger charge is -2.29. The molecule has 0 radical (unpaired) electrons. The fourth-order valence-electron chi connectivity index (χ4n) is 1.80. The zero-order valence-corrected chi connectivity index (χ0v) is 9.44. The van der Waals surface area contributed by atoms with Gasteiger partial charge in [0.15, 0.2) is 12.3 Å². The molecule has 0 aromatic heterocycles. The predicted molar refractivity (Wildman–Crippen MR) is 61.3 cm³/mol. The lowest BCUT2D eigenvalue weighted by molar-refractivity contribution is -0.163. The van der Waals surface area contributed by atoms with Crippen molar-refractivity contribution in [3.63, 3.8) is 0 Å². The van der Waals surface area contributed by atoms with Crippen molar-refractivity contribution in [2.24, 2.45) is 0 Å². The Bertz CT molecular complexity index is 446. The zero-order valence-electron chi connectivity index (χ0n) is 9.44. The van der Waals surface area contributed by atoms with Gasteiger partial charge in [-0.1, -0.05) is 30.3 Å². The van der Waals surface area contributed by atoms with Crippen molar-refractivity contribution in [1.29, 1.82) is 0 Å². The number of aliphatic hydroxyl groups is 2. The minimum Gasteiger partial charge on any atom is -0.453 e. The third kappa shape index (κ3) is 2.57. The third-order valence-electron chi connectivity index (χ3n) is 2.77. The summed E-state index contributed by atoms with van der Waals surface area (Å²) in [6.07, 6.45) is -3.63. The van der Waals surface area contributed by atoms with Crippen molar-refractivity contribution in [3.8, 4) is 0 Å². The average Bonchev–Trinajstić information content (AvgIpc) is 2.41. The number of carbonyl (C=O) groups is 1. The summed E-state index contributed by atoms with van der Waals surface area (Å²) in [6.45, 7) is 0. The van der Waals surface area contributed by atoms with E-state index in [1.807, 2.05) is 0 Å². The van der Waals surface area contributed by atoms with Crippen LogP contribution in [-0.2, 0) is 9.53 Å². The van der Waals surface area contributed by atoms with E-state index in [-0.39, 0.29) is 5.56 Å². The van der Waals surface area contributed by atoms with Gasteiger partial charge in [0.25, 0.3) is 0 Å². The van der Waals surface area contributed by atoms with Gasteiger partial charge in [0.05, 0.1) is 0 Å². The highest BCUT2D eigenvalue weighted by Crippen LogP contribution is 2.27. The van der Waals surface area contributed by atoms with Crippen molar-refractivity contribution in [1.82, 2.24) is 0 Å². The molecule has 2 N–H and O–H groups in total. The molecule has 4 atom stereocenters. The van der Waals surface area contributed by atoms with Crippen molar-refractivity contribution < 1.29 is 24.1 Å². The van der Waals surface area contributed by atoms with E-state index in [2.05, 4.69) is 0 Å². The monoisotopic (exact) mass is 252 g/mol. The van der Waals surface area contributed by atoms with E-state index in [1.54, 1.807) is 18.2 Å². The van der Waals surface area contributed by atoms with E-state index in [9.17, 15) is 19.4 Å². The van der Waals surface area contributed by atoms with Crippen molar-refractivity contribution in [2.75, 3.05) is 0 Å². The third-order valence-corrected chi connectivity index (χ3v) is 2.77. The smallest absolute Gasteiger partial charge is 0.330 e. The number of ether oxygens (including phenoxy) is 1. The molecule has 4 nitrogen and oxygen atoms in total. The first kappa shape index (κ1) is 12.7. The topological polar surface area (TPSA) is 66.8 Å². The number of cyclic esters (lactones) is 1. The first-order chi connectivity index (χ1) is 8.59. The fraction of sp³-hybridized carbons (Fsp3) is 0.308. The van der Waals surface area contributed by atoms with E-state index in [0.717, 1.165) is 6.08 Å². The summed E-state index contributed by atoms with van der Waals surface area (Å²) >= 11 is 0. The van der Waals surface area contributed by atoms with Gasteiger partial charge in [-0.25, -0.2) is 9.18 Å². The maximum atomic E-state index is 14.0.